The van der Waals surface area contributed by atoms with Gasteiger partial charge in [-0.1, -0.05) is 19.7 Å². The van der Waals surface area contributed by atoms with Crippen LogP contribution in [0.4, 0.5) is 0 Å². The zero-order chi connectivity index (χ0) is 35.4. The van der Waals surface area contributed by atoms with Crippen molar-refractivity contribution >= 4 is 38.0 Å². The highest BCUT2D eigenvalue weighted by Crippen LogP contribution is 2.04. The maximum absolute atomic E-state index is 11.2. The first kappa shape index (κ1) is 49.2. The first-order valence-electron chi connectivity index (χ1n) is 14.0. The fourth-order valence-electron chi connectivity index (χ4n) is 3.29. The molecule has 45 heavy (non-hydrogen) atoms. The van der Waals surface area contributed by atoms with Gasteiger partial charge in [-0.05, 0) is 26.3 Å². The van der Waals surface area contributed by atoms with Gasteiger partial charge >= 0.3 is 0 Å². The molecule has 2 amide bonds. The van der Waals surface area contributed by atoms with Crippen LogP contribution in [0.25, 0.3) is 0 Å². The van der Waals surface area contributed by atoms with Crippen molar-refractivity contribution in [3.63, 3.8) is 0 Å². The van der Waals surface area contributed by atoms with Crippen LogP contribution < -0.4 is 15.7 Å². The number of nitrogens with one attached hydrogen (secondary N) is 2. The molecule has 0 aromatic carbocycles. The van der Waals surface area contributed by atoms with Crippen LogP contribution in [0.15, 0.2) is 36.5 Å². The Morgan fingerprint density at radius 2 is 0.867 bits per heavy atom. The van der Waals surface area contributed by atoms with Crippen molar-refractivity contribution in [2.24, 2.45) is 0 Å². The quantitative estimate of drug-likeness (QED) is 0.0609. The zero-order valence-corrected chi connectivity index (χ0v) is 29.6. The van der Waals surface area contributed by atoms with Gasteiger partial charge in [-0.3, -0.25) is 18.7 Å². The molecule has 0 radical (unpaired) electrons. The number of rotatable bonds is 19. The second kappa shape index (κ2) is 23.6. The van der Waals surface area contributed by atoms with E-state index >= 15 is 0 Å². The topological polar surface area (TPSA) is 237 Å². The highest BCUT2D eigenvalue weighted by atomic mass is 32.2. The molecule has 17 heteroatoms. The zero-order valence-electron chi connectivity index (χ0n) is 27.9. The van der Waals surface area contributed by atoms with E-state index in [0.717, 1.165) is 25.9 Å². The number of aliphatic carboxylic acids is 1. The molecule has 0 aliphatic heterocycles. The molecule has 0 aliphatic carbocycles. The Bertz CT molecular complexity index is 1090. The van der Waals surface area contributed by atoms with Crippen molar-refractivity contribution in [1.82, 2.24) is 10.6 Å². The van der Waals surface area contributed by atoms with E-state index in [4.69, 9.17) is 9.11 Å². The third kappa shape index (κ3) is 37.4. The van der Waals surface area contributed by atoms with Crippen LogP contribution in [0.2, 0.25) is 0 Å². The number of carboxylic acid groups (broad SMARTS) is 1. The Kier molecular flexibility index (Phi) is 25.9. The van der Waals surface area contributed by atoms with Crippen LogP contribution in [-0.2, 0) is 34.6 Å². The fraction of sp³-hybridized carbons (Fsp3) is 0.679. The predicted octanol–water partition coefficient (Wildman–Crippen LogP) is -0.0182. The fourth-order valence-corrected chi connectivity index (χ4v) is 4.28. The van der Waals surface area contributed by atoms with E-state index in [0.29, 0.717) is 59.1 Å². The van der Waals surface area contributed by atoms with Crippen LogP contribution >= 0.6 is 0 Å². The van der Waals surface area contributed by atoms with Crippen molar-refractivity contribution in [1.29, 1.82) is 0 Å². The van der Waals surface area contributed by atoms with Crippen molar-refractivity contribution in [3.05, 3.63) is 36.5 Å². The number of hydrogen-bond acceptors (Lipinski definition) is 9. The predicted molar refractivity (Wildman–Crippen MR) is 172 cm³/mol. The lowest BCUT2D eigenvalue weighted by atomic mass is 10.3. The molecule has 0 rings (SSSR count). The summed E-state index contributed by atoms with van der Waals surface area (Å²) in [6.45, 7) is 19.0. The van der Waals surface area contributed by atoms with Crippen LogP contribution in [0.1, 0.15) is 46.5 Å². The molecule has 0 spiro atoms. The summed E-state index contributed by atoms with van der Waals surface area (Å²) in [4.78, 5) is 32.0. The molecule has 15 nitrogen and oxygen atoms in total. The van der Waals surface area contributed by atoms with Crippen LogP contribution in [0.3, 0.4) is 0 Å². The maximum atomic E-state index is 11.2. The monoisotopic (exact) mass is 688 g/mol. The minimum absolute atomic E-state index is 0. The maximum Gasteiger partial charge on any atom is 0.265 e. The van der Waals surface area contributed by atoms with Gasteiger partial charge in [-0.15, -0.1) is 0 Å². The van der Waals surface area contributed by atoms with Crippen molar-refractivity contribution in [2.75, 3.05) is 79.0 Å². The van der Waals surface area contributed by atoms with Crippen molar-refractivity contribution < 1.29 is 59.9 Å². The summed E-state index contributed by atoms with van der Waals surface area (Å²) in [5.74, 6) is -1.88. The average molecular weight is 689 g/mol. The molecule has 0 unspecified atom stereocenters. The molecule has 0 heterocycles. The van der Waals surface area contributed by atoms with Crippen LogP contribution in [0, 0.1) is 0 Å². The second-order valence-corrected chi connectivity index (χ2v) is 15.0. The van der Waals surface area contributed by atoms with Gasteiger partial charge in [0.15, 0.2) is 0 Å². The summed E-state index contributed by atoms with van der Waals surface area (Å²) in [5.41, 5.74) is 1.04. The lowest BCUT2D eigenvalue weighted by Gasteiger charge is -2.29. The normalized spacial score (nSPS) is 11.3. The Labute approximate surface area is 270 Å². The molecule has 5 N–H and O–H groups in total. The van der Waals surface area contributed by atoms with Gasteiger partial charge in [0.25, 0.3) is 20.2 Å². The number of amides is 2. The molecule has 0 bridgehead atoms. The SMILES string of the molecule is C=C(C)C(=O)NCCC[N+](C)(C)CCCS(=O)(=O)O.C=C(C)C(=O)NCCC[N+](C)(C)CCCS(=O)(=O)O.C=C(C)C(=O)[O-].[OH-]. The van der Waals surface area contributed by atoms with E-state index in [-0.39, 0.29) is 34.4 Å². The van der Waals surface area contributed by atoms with Gasteiger partial charge in [0.2, 0.25) is 11.8 Å². The molecular formula is C28H56N4O11S2. The van der Waals surface area contributed by atoms with Gasteiger partial charge in [0, 0.05) is 49.9 Å². The largest absolute Gasteiger partial charge is 0.870 e. The molecule has 0 aromatic heterocycles. The molecular weight excluding hydrogens is 632 g/mol. The van der Waals surface area contributed by atoms with Crippen LogP contribution in [0.5, 0.6) is 0 Å². The average Bonchev–Trinajstić information content (AvgIpc) is 2.82. The number of hydrogen-bond donors (Lipinski definition) is 4. The summed E-state index contributed by atoms with van der Waals surface area (Å²) in [5, 5.41) is 15.0. The Morgan fingerprint density at radius 3 is 1.07 bits per heavy atom. The molecule has 0 saturated heterocycles. The minimum atomic E-state index is -3.87. The Balaban J connectivity index is -0.000000310. The van der Waals surface area contributed by atoms with Crippen molar-refractivity contribution in [2.45, 2.75) is 46.5 Å². The van der Waals surface area contributed by atoms with E-state index in [1.54, 1.807) is 13.8 Å². The number of carboxylic acids is 1. The summed E-state index contributed by atoms with van der Waals surface area (Å²) in [6, 6.07) is 0. The highest BCUT2D eigenvalue weighted by Gasteiger charge is 2.17. The molecule has 266 valence electrons. The molecule has 0 fully saturated rings. The summed E-state index contributed by atoms with van der Waals surface area (Å²) < 4.78 is 61.0. The summed E-state index contributed by atoms with van der Waals surface area (Å²) >= 11 is 0. The highest BCUT2D eigenvalue weighted by molar-refractivity contribution is 7.86. The smallest absolute Gasteiger partial charge is 0.265 e. The van der Waals surface area contributed by atoms with E-state index in [2.05, 4.69) is 30.4 Å². The first-order valence-corrected chi connectivity index (χ1v) is 17.2. The lowest BCUT2D eigenvalue weighted by Crippen LogP contribution is -2.43. The number of nitrogens with zero attached hydrogens (tertiary/aromatic N) is 2. The first-order chi connectivity index (χ1) is 19.7. The van der Waals surface area contributed by atoms with Gasteiger partial charge in [0.05, 0.1) is 71.8 Å². The van der Waals surface area contributed by atoms with Gasteiger partial charge in [-0.25, -0.2) is 0 Å². The van der Waals surface area contributed by atoms with E-state index in [1.165, 1.54) is 6.92 Å². The number of carbonyl (C=O) groups is 3. The third-order valence-electron chi connectivity index (χ3n) is 5.91. The van der Waals surface area contributed by atoms with Crippen molar-refractivity contribution in [3.8, 4) is 0 Å². The summed E-state index contributed by atoms with van der Waals surface area (Å²) in [6.07, 6.45) is 2.45. The molecule has 0 aliphatic rings. The lowest BCUT2D eigenvalue weighted by molar-refractivity contribution is -0.890. The third-order valence-corrected chi connectivity index (χ3v) is 7.52. The number of carbonyl (C=O) groups excluding carboxylic acids is 3. The number of quaternary nitrogens is 2. The van der Waals surface area contributed by atoms with E-state index in [1.807, 2.05) is 28.2 Å². The minimum Gasteiger partial charge on any atom is -0.870 e. The molecule has 0 atom stereocenters. The van der Waals surface area contributed by atoms with Crippen LogP contribution in [-0.4, -0.2) is 137 Å². The van der Waals surface area contributed by atoms with Gasteiger partial charge in [-0.2, -0.15) is 16.8 Å². The summed E-state index contributed by atoms with van der Waals surface area (Å²) in [7, 11) is 0.224. The molecule has 0 saturated carbocycles. The van der Waals surface area contributed by atoms with Gasteiger partial charge in [0.1, 0.15) is 0 Å². The van der Waals surface area contributed by atoms with E-state index < -0.39 is 26.2 Å². The standard InChI is InChI=1S/2C12H24N2O4S.C4H6O2.H2O/c2*1-11(2)12(15)13-7-5-8-14(3,4)9-6-10-19(16,17)18;1-3(2)4(5)6;/h2*1,5-10H2,2-4H3,(H-,13,15,16,17,18);1H2,2H3,(H,5,6);1H2. The van der Waals surface area contributed by atoms with E-state index in [9.17, 15) is 36.3 Å². The Hall–Kier alpha value is -2.67. The van der Waals surface area contributed by atoms with Gasteiger partial charge < -0.3 is 35.0 Å². The second-order valence-electron chi connectivity index (χ2n) is 11.9. The Morgan fingerprint density at radius 1 is 0.622 bits per heavy atom. The molecule has 0 aromatic rings.